The molecule has 5 rings (SSSR count). The van der Waals surface area contributed by atoms with E-state index in [1.807, 2.05) is 30.3 Å². The van der Waals surface area contributed by atoms with Crippen molar-refractivity contribution in [2.24, 2.45) is 0 Å². The average molecular weight is 400 g/mol. The SMILES string of the molecule is N#C/C(=C/c1ccc2c(c1)OCO2)c1nc(-c2cc3ccccc3oc2=O)cs1. The van der Waals surface area contributed by atoms with Gasteiger partial charge in [-0.2, -0.15) is 5.26 Å². The number of allylic oxidation sites excluding steroid dienone is 1. The molecule has 1 aliphatic rings. The van der Waals surface area contributed by atoms with Gasteiger partial charge in [-0.15, -0.1) is 11.3 Å². The van der Waals surface area contributed by atoms with Gasteiger partial charge in [0.25, 0.3) is 0 Å². The molecule has 0 N–H and O–H groups in total. The molecule has 0 aliphatic carbocycles. The largest absolute Gasteiger partial charge is 0.454 e. The molecule has 0 bridgehead atoms. The first-order chi connectivity index (χ1) is 14.2. The first kappa shape index (κ1) is 17.2. The zero-order valence-corrected chi connectivity index (χ0v) is 15.7. The van der Waals surface area contributed by atoms with E-state index < -0.39 is 5.63 Å². The van der Waals surface area contributed by atoms with Crippen molar-refractivity contribution in [2.45, 2.75) is 0 Å². The molecule has 1 aliphatic heterocycles. The molecule has 0 radical (unpaired) electrons. The van der Waals surface area contributed by atoms with Gasteiger partial charge in [0.05, 0.1) is 16.8 Å². The summed E-state index contributed by atoms with van der Waals surface area (Å²) in [5, 5.41) is 12.7. The lowest BCUT2D eigenvalue weighted by molar-refractivity contribution is 0.174. The topological polar surface area (TPSA) is 85.3 Å². The van der Waals surface area contributed by atoms with Gasteiger partial charge in [0.1, 0.15) is 16.7 Å². The highest BCUT2D eigenvalue weighted by molar-refractivity contribution is 7.11. The Kier molecular flexibility index (Phi) is 4.12. The number of hydrogen-bond acceptors (Lipinski definition) is 7. The van der Waals surface area contributed by atoms with Crippen molar-refractivity contribution in [1.82, 2.24) is 4.98 Å². The maximum Gasteiger partial charge on any atom is 0.345 e. The van der Waals surface area contributed by atoms with Gasteiger partial charge in [0, 0.05) is 10.8 Å². The number of benzene rings is 2. The maximum absolute atomic E-state index is 12.4. The summed E-state index contributed by atoms with van der Waals surface area (Å²) in [5.74, 6) is 1.32. The highest BCUT2D eigenvalue weighted by atomic mass is 32.1. The molecule has 0 amide bonds. The molecule has 4 aromatic rings. The minimum atomic E-state index is -0.459. The third-order valence-corrected chi connectivity index (χ3v) is 5.36. The highest BCUT2D eigenvalue weighted by Gasteiger charge is 2.15. The molecule has 7 heteroatoms. The number of hydrogen-bond donors (Lipinski definition) is 0. The lowest BCUT2D eigenvalue weighted by Crippen LogP contribution is -2.02. The molecule has 3 heterocycles. The molecule has 0 atom stereocenters. The second-order valence-electron chi connectivity index (χ2n) is 6.31. The van der Waals surface area contributed by atoms with Crippen molar-refractivity contribution in [3.8, 4) is 28.8 Å². The fourth-order valence-electron chi connectivity index (χ4n) is 3.07. The van der Waals surface area contributed by atoms with Crippen molar-refractivity contribution in [2.75, 3.05) is 6.79 Å². The predicted octanol–water partition coefficient (Wildman–Crippen LogP) is 4.71. The van der Waals surface area contributed by atoms with Gasteiger partial charge in [-0.25, -0.2) is 9.78 Å². The third-order valence-electron chi connectivity index (χ3n) is 4.48. The van der Waals surface area contributed by atoms with Crippen molar-refractivity contribution in [1.29, 1.82) is 5.26 Å². The summed E-state index contributed by atoms with van der Waals surface area (Å²) in [7, 11) is 0. The summed E-state index contributed by atoms with van der Waals surface area (Å²) in [6.07, 6.45) is 1.73. The first-order valence-electron chi connectivity index (χ1n) is 8.72. The number of thiazole rings is 1. The monoisotopic (exact) mass is 400 g/mol. The van der Waals surface area contributed by atoms with E-state index in [0.29, 0.717) is 38.9 Å². The maximum atomic E-state index is 12.4. The fraction of sp³-hybridized carbons (Fsp3) is 0.0455. The Balaban J connectivity index is 1.53. The van der Waals surface area contributed by atoms with Crippen LogP contribution in [-0.2, 0) is 0 Å². The number of para-hydroxylation sites is 1. The summed E-state index contributed by atoms with van der Waals surface area (Å²) in [4.78, 5) is 16.9. The van der Waals surface area contributed by atoms with Gasteiger partial charge in [0.15, 0.2) is 11.5 Å². The fourth-order valence-corrected chi connectivity index (χ4v) is 3.86. The van der Waals surface area contributed by atoms with Gasteiger partial charge < -0.3 is 13.9 Å². The van der Waals surface area contributed by atoms with E-state index >= 15 is 0 Å². The number of fused-ring (bicyclic) bond motifs is 2. The van der Waals surface area contributed by atoms with Crippen LogP contribution in [0.4, 0.5) is 0 Å². The summed E-state index contributed by atoms with van der Waals surface area (Å²) in [6, 6.07) is 16.7. The molecule has 0 unspecified atom stereocenters. The van der Waals surface area contributed by atoms with Crippen LogP contribution in [0.3, 0.4) is 0 Å². The average Bonchev–Trinajstić information content (AvgIpc) is 3.40. The summed E-state index contributed by atoms with van der Waals surface area (Å²) < 4.78 is 16.1. The summed E-state index contributed by atoms with van der Waals surface area (Å²) in [6.45, 7) is 0.192. The summed E-state index contributed by atoms with van der Waals surface area (Å²) >= 11 is 1.30. The Labute approximate surface area is 168 Å². The van der Waals surface area contributed by atoms with Crippen LogP contribution < -0.4 is 15.1 Å². The van der Waals surface area contributed by atoms with E-state index in [4.69, 9.17) is 13.9 Å². The second kappa shape index (κ2) is 6.93. The zero-order valence-electron chi connectivity index (χ0n) is 14.9. The van der Waals surface area contributed by atoms with Crippen molar-refractivity contribution in [3.63, 3.8) is 0 Å². The van der Waals surface area contributed by atoms with Crippen LogP contribution >= 0.6 is 11.3 Å². The van der Waals surface area contributed by atoms with Crippen LogP contribution in [0, 0.1) is 11.3 Å². The van der Waals surface area contributed by atoms with E-state index in [2.05, 4.69) is 11.1 Å². The number of aromatic nitrogens is 1. The molecule has 6 nitrogen and oxygen atoms in total. The van der Waals surface area contributed by atoms with E-state index in [1.54, 1.807) is 29.7 Å². The molecule has 0 spiro atoms. The number of nitriles is 1. The van der Waals surface area contributed by atoms with E-state index in [9.17, 15) is 10.1 Å². The molecule has 0 saturated carbocycles. The van der Waals surface area contributed by atoms with Gasteiger partial charge >= 0.3 is 5.63 Å². The third kappa shape index (κ3) is 3.16. The van der Waals surface area contributed by atoms with Crippen LogP contribution in [0.5, 0.6) is 11.5 Å². The Morgan fingerprint density at radius 3 is 2.90 bits per heavy atom. The molecule has 140 valence electrons. The van der Waals surface area contributed by atoms with Gasteiger partial charge in [-0.05, 0) is 35.9 Å². The van der Waals surface area contributed by atoms with Gasteiger partial charge in [0.2, 0.25) is 6.79 Å². The lowest BCUT2D eigenvalue weighted by atomic mass is 10.1. The van der Waals surface area contributed by atoms with Crippen molar-refractivity contribution in [3.05, 3.63) is 74.9 Å². The van der Waals surface area contributed by atoms with Gasteiger partial charge in [-0.1, -0.05) is 24.3 Å². The van der Waals surface area contributed by atoms with Crippen LogP contribution in [0.25, 0.3) is 33.9 Å². The first-order valence-corrected chi connectivity index (χ1v) is 9.60. The predicted molar refractivity (Wildman–Crippen MR) is 110 cm³/mol. The Hall–Kier alpha value is -3.89. The Morgan fingerprint density at radius 2 is 2.00 bits per heavy atom. The number of nitrogens with zero attached hydrogens (tertiary/aromatic N) is 2. The minimum Gasteiger partial charge on any atom is -0.454 e. The van der Waals surface area contributed by atoms with E-state index in [0.717, 1.165) is 10.9 Å². The normalized spacial score (nSPS) is 12.9. The molecule has 0 saturated heterocycles. The van der Waals surface area contributed by atoms with Crippen LogP contribution in [0.15, 0.2) is 63.1 Å². The highest BCUT2D eigenvalue weighted by Crippen LogP contribution is 2.34. The Bertz CT molecular complexity index is 1380. The van der Waals surface area contributed by atoms with Crippen molar-refractivity contribution < 1.29 is 13.9 Å². The minimum absolute atomic E-state index is 0.192. The molecule has 0 fully saturated rings. The lowest BCUT2D eigenvalue weighted by Gasteiger charge is -2.00. The van der Waals surface area contributed by atoms with Gasteiger partial charge in [-0.3, -0.25) is 0 Å². The van der Waals surface area contributed by atoms with Crippen LogP contribution in [-0.4, -0.2) is 11.8 Å². The molecule has 2 aromatic heterocycles. The number of rotatable bonds is 3. The molecular formula is C22H12N2O4S. The molecule has 29 heavy (non-hydrogen) atoms. The van der Waals surface area contributed by atoms with E-state index in [-0.39, 0.29) is 6.79 Å². The second-order valence-corrected chi connectivity index (χ2v) is 7.16. The quantitative estimate of drug-likeness (QED) is 0.366. The molecule has 2 aromatic carbocycles. The number of ether oxygens (including phenoxy) is 2. The van der Waals surface area contributed by atoms with Crippen LogP contribution in [0.2, 0.25) is 0 Å². The van der Waals surface area contributed by atoms with Crippen LogP contribution in [0.1, 0.15) is 10.6 Å². The van der Waals surface area contributed by atoms with Crippen molar-refractivity contribution >= 4 is 34.0 Å². The molecular weight excluding hydrogens is 388 g/mol. The zero-order chi connectivity index (χ0) is 19.8. The Morgan fingerprint density at radius 1 is 1.14 bits per heavy atom. The smallest absolute Gasteiger partial charge is 0.345 e. The summed E-state index contributed by atoms with van der Waals surface area (Å²) in [5.41, 5.74) is 2.11. The standard InChI is InChI=1S/C22H12N2O4S/c23-10-15(7-13-5-6-19-20(8-13)27-12-26-19)21-24-17(11-29-21)16-9-14-3-1-2-4-18(14)28-22(16)25/h1-9,11H,12H2/b15-7-. The van der Waals surface area contributed by atoms with E-state index in [1.165, 1.54) is 11.3 Å².